The molecule has 2 rings (SSSR count). The van der Waals surface area contributed by atoms with E-state index in [2.05, 4.69) is 32.9 Å². The molecule has 0 N–H and O–H groups in total. The van der Waals surface area contributed by atoms with Gasteiger partial charge in [0.15, 0.2) is 0 Å². The van der Waals surface area contributed by atoms with Crippen molar-refractivity contribution in [1.29, 1.82) is 0 Å². The highest BCUT2D eigenvalue weighted by Gasteiger charge is 2.23. The van der Waals surface area contributed by atoms with Gasteiger partial charge in [-0.1, -0.05) is 58.0 Å². The summed E-state index contributed by atoms with van der Waals surface area (Å²) in [6, 6.07) is 14.2. The molecule has 0 saturated heterocycles. The molecule has 158 valence electrons. The van der Waals surface area contributed by atoms with Gasteiger partial charge in [-0.25, -0.2) is 0 Å². The molecule has 4 nitrogen and oxygen atoms in total. The van der Waals surface area contributed by atoms with Crippen LogP contribution in [0.5, 0.6) is 0 Å². The predicted octanol–water partition coefficient (Wildman–Crippen LogP) is 5.12. The first-order valence-corrected chi connectivity index (χ1v) is 11.2. The normalized spacial score (nSPS) is 11.1. The number of nitrogens with zero attached hydrogens (tertiary/aromatic N) is 2. The van der Waals surface area contributed by atoms with Crippen molar-refractivity contribution in [3.8, 4) is 0 Å². The minimum atomic E-state index is -0.00216. The maximum atomic E-state index is 13.3. The van der Waals surface area contributed by atoms with Gasteiger partial charge in [0, 0.05) is 29.3 Å². The van der Waals surface area contributed by atoms with Crippen molar-refractivity contribution in [3.63, 3.8) is 0 Å². The molecule has 0 unspecified atom stereocenters. The van der Waals surface area contributed by atoms with Crippen molar-refractivity contribution < 1.29 is 9.59 Å². The van der Waals surface area contributed by atoms with Crippen LogP contribution in [0.15, 0.2) is 42.5 Å². The largest absolute Gasteiger partial charge is 0.333 e. The van der Waals surface area contributed by atoms with Gasteiger partial charge in [-0.15, -0.1) is 11.3 Å². The first kappa shape index (κ1) is 23.1. The van der Waals surface area contributed by atoms with Crippen LogP contribution < -0.4 is 0 Å². The minimum Gasteiger partial charge on any atom is -0.333 e. The number of carbonyl (C=O) groups excluding carboxylic acids is 2. The predicted molar refractivity (Wildman–Crippen MR) is 121 cm³/mol. The summed E-state index contributed by atoms with van der Waals surface area (Å²) in [5.74, 6) is 0.662. The molecule has 0 radical (unpaired) electrons. The SMILES string of the molecule is Cc1ccc(CN(Cc2ccccc2)C(=O)CN(CC(C)C)C(=O)CC(C)C)s1. The quantitative estimate of drug-likeness (QED) is 0.542. The van der Waals surface area contributed by atoms with E-state index in [1.807, 2.05) is 49.1 Å². The summed E-state index contributed by atoms with van der Waals surface area (Å²) in [4.78, 5) is 32.0. The molecule has 0 aliphatic rings. The average Bonchev–Trinajstić information content (AvgIpc) is 3.05. The lowest BCUT2D eigenvalue weighted by molar-refractivity contribution is -0.142. The fraction of sp³-hybridized carbons (Fsp3) is 0.500. The lowest BCUT2D eigenvalue weighted by Crippen LogP contribution is -2.44. The average molecular weight is 415 g/mol. The molecule has 0 fully saturated rings. The van der Waals surface area contributed by atoms with Gasteiger partial charge >= 0.3 is 0 Å². The number of rotatable bonds is 10. The summed E-state index contributed by atoms with van der Waals surface area (Å²) in [7, 11) is 0. The van der Waals surface area contributed by atoms with E-state index in [9.17, 15) is 9.59 Å². The van der Waals surface area contributed by atoms with Gasteiger partial charge in [-0.3, -0.25) is 9.59 Å². The van der Waals surface area contributed by atoms with E-state index >= 15 is 0 Å². The molecule has 5 heteroatoms. The second-order valence-corrected chi connectivity index (χ2v) is 9.89. The van der Waals surface area contributed by atoms with Gasteiger partial charge in [0.2, 0.25) is 11.8 Å². The molecule has 2 amide bonds. The second-order valence-electron chi connectivity index (χ2n) is 8.51. The lowest BCUT2D eigenvalue weighted by Gasteiger charge is -2.29. The van der Waals surface area contributed by atoms with Gasteiger partial charge in [-0.2, -0.15) is 0 Å². The van der Waals surface area contributed by atoms with Crippen LogP contribution in [0, 0.1) is 18.8 Å². The van der Waals surface area contributed by atoms with Crippen molar-refractivity contribution in [2.45, 2.75) is 54.1 Å². The van der Waals surface area contributed by atoms with Crippen LogP contribution in [0.4, 0.5) is 0 Å². The van der Waals surface area contributed by atoms with Crippen molar-refractivity contribution in [2.75, 3.05) is 13.1 Å². The Balaban J connectivity index is 2.17. The van der Waals surface area contributed by atoms with Gasteiger partial charge in [-0.05, 0) is 36.5 Å². The zero-order valence-corrected chi connectivity index (χ0v) is 19.2. The molecule has 1 aromatic carbocycles. The number of thiophene rings is 1. The lowest BCUT2D eigenvalue weighted by atomic mass is 10.1. The summed E-state index contributed by atoms with van der Waals surface area (Å²) in [5, 5.41) is 0. The Bertz CT molecular complexity index is 783. The molecule has 0 saturated carbocycles. The summed E-state index contributed by atoms with van der Waals surface area (Å²) in [5.41, 5.74) is 1.10. The molecule has 29 heavy (non-hydrogen) atoms. The Morgan fingerprint density at radius 1 is 0.862 bits per heavy atom. The summed E-state index contributed by atoms with van der Waals surface area (Å²) in [6.07, 6.45) is 0.475. The van der Waals surface area contributed by atoms with E-state index in [0.29, 0.717) is 32.0 Å². The zero-order valence-electron chi connectivity index (χ0n) is 18.4. The van der Waals surface area contributed by atoms with E-state index < -0.39 is 0 Å². The van der Waals surface area contributed by atoms with E-state index in [1.165, 1.54) is 4.88 Å². The van der Waals surface area contributed by atoms with E-state index in [1.54, 1.807) is 16.2 Å². The number of aryl methyl sites for hydroxylation is 1. The Labute approximate surface area is 179 Å². The van der Waals surface area contributed by atoms with Crippen LogP contribution in [0.1, 0.15) is 49.4 Å². The van der Waals surface area contributed by atoms with Gasteiger partial charge in [0.25, 0.3) is 0 Å². The Morgan fingerprint density at radius 3 is 2.10 bits per heavy atom. The third-order valence-electron chi connectivity index (χ3n) is 4.56. The molecular weight excluding hydrogens is 380 g/mol. The molecule has 1 aromatic heterocycles. The molecule has 0 aliphatic carbocycles. The van der Waals surface area contributed by atoms with E-state index in [0.717, 1.165) is 10.4 Å². The highest BCUT2D eigenvalue weighted by molar-refractivity contribution is 7.11. The zero-order chi connectivity index (χ0) is 21.4. The third kappa shape index (κ3) is 8.01. The monoisotopic (exact) mass is 414 g/mol. The molecule has 0 atom stereocenters. The third-order valence-corrected chi connectivity index (χ3v) is 5.54. The number of hydrogen-bond acceptors (Lipinski definition) is 3. The fourth-order valence-electron chi connectivity index (χ4n) is 3.23. The molecule has 2 aromatic rings. The fourth-order valence-corrected chi connectivity index (χ4v) is 4.14. The second kappa shape index (κ2) is 11.1. The molecule has 1 heterocycles. The number of amides is 2. The highest BCUT2D eigenvalue weighted by Crippen LogP contribution is 2.19. The summed E-state index contributed by atoms with van der Waals surface area (Å²) in [6.45, 7) is 12.2. The topological polar surface area (TPSA) is 40.6 Å². The van der Waals surface area contributed by atoms with Crippen molar-refractivity contribution in [3.05, 3.63) is 57.8 Å². The van der Waals surface area contributed by atoms with E-state index in [4.69, 9.17) is 0 Å². The van der Waals surface area contributed by atoms with Crippen LogP contribution in [0.2, 0.25) is 0 Å². The standard InChI is InChI=1S/C24H34N2O2S/c1-18(2)13-23(27)25(14-19(3)4)17-24(28)26(15-21-9-7-6-8-10-21)16-22-12-11-20(5)29-22/h6-12,18-19H,13-17H2,1-5H3. The summed E-state index contributed by atoms with van der Waals surface area (Å²) < 4.78 is 0. The Kier molecular flexibility index (Phi) is 8.90. The van der Waals surface area contributed by atoms with Gasteiger partial charge in [0.1, 0.15) is 0 Å². The van der Waals surface area contributed by atoms with Crippen LogP contribution in [0.3, 0.4) is 0 Å². The van der Waals surface area contributed by atoms with Gasteiger partial charge in [0.05, 0.1) is 13.1 Å². The number of benzene rings is 1. The van der Waals surface area contributed by atoms with Crippen LogP contribution in [0.25, 0.3) is 0 Å². The van der Waals surface area contributed by atoms with E-state index in [-0.39, 0.29) is 24.3 Å². The summed E-state index contributed by atoms with van der Waals surface area (Å²) >= 11 is 1.71. The maximum Gasteiger partial charge on any atom is 0.242 e. The highest BCUT2D eigenvalue weighted by atomic mass is 32.1. The maximum absolute atomic E-state index is 13.3. The number of carbonyl (C=O) groups is 2. The first-order valence-electron chi connectivity index (χ1n) is 10.4. The smallest absolute Gasteiger partial charge is 0.242 e. The molecule has 0 aliphatic heterocycles. The van der Waals surface area contributed by atoms with Crippen molar-refractivity contribution in [1.82, 2.24) is 9.80 Å². The Morgan fingerprint density at radius 2 is 1.55 bits per heavy atom. The number of hydrogen-bond donors (Lipinski definition) is 0. The molecular formula is C24H34N2O2S. The van der Waals surface area contributed by atoms with Gasteiger partial charge < -0.3 is 9.80 Å². The minimum absolute atomic E-state index is 0.00216. The van der Waals surface area contributed by atoms with Crippen molar-refractivity contribution in [2.24, 2.45) is 11.8 Å². The molecule has 0 bridgehead atoms. The first-order chi connectivity index (χ1) is 13.7. The van der Waals surface area contributed by atoms with Crippen LogP contribution in [-0.4, -0.2) is 34.7 Å². The Hall–Kier alpha value is -2.14. The molecule has 0 spiro atoms. The van der Waals surface area contributed by atoms with Crippen LogP contribution in [-0.2, 0) is 22.7 Å². The van der Waals surface area contributed by atoms with Crippen LogP contribution >= 0.6 is 11.3 Å². The van der Waals surface area contributed by atoms with Crippen molar-refractivity contribution >= 4 is 23.2 Å².